The highest BCUT2D eigenvalue weighted by atomic mass is 16.3. The van der Waals surface area contributed by atoms with Crippen molar-refractivity contribution in [2.75, 3.05) is 6.61 Å². The van der Waals surface area contributed by atoms with Crippen LogP contribution >= 0.6 is 0 Å². The highest BCUT2D eigenvalue weighted by molar-refractivity contribution is 5.94. The number of carbonyl (C=O) groups excluding carboxylic acids is 1. The van der Waals surface area contributed by atoms with Gasteiger partial charge in [-0.2, -0.15) is 4.68 Å². The zero-order chi connectivity index (χ0) is 15.4. The van der Waals surface area contributed by atoms with Crippen LogP contribution < -0.4 is 5.32 Å². The summed E-state index contributed by atoms with van der Waals surface area (Å²) < 4.78 is 1.59. The van der Waals surface area contributed by atoms with E-state index in [1.165, 1.54) is 0 Å². The average molecular weight is 289 g/mol. The minimum absolute atomic E-state index is 0.0781. The Balaban J connectivity index is 2.12. The lowest BCUT2D eigenvalue weighted by Crippen LogP contribution is -2.41. The summed E-state index contributed by atoms with van der Waals surface area (Å²) in [5.74, 6) is 0.636. The molecule has 7 heteroatoms. The number of aliphatic hydroxyl groups excluding tert-OH is 1. The second kappa shape index (κ2) is 6.45. The van der Waals surface area contributed by atoms with Gasteiger partial charge in [-0.1, -0.05) is 13.8 Å². The van der Waals surface area contributed by atoms with Crippen molar-refractivity contribution in [1.82, 2.24) is 25.5 Å². The molecule has 0 fully saturated rings. The largest absolute Gasteiger partial charge is 0.394 e. The number of aromatic nitrogens is 4. The van der Waals surface area contributed by atoms with Gasteiger partial charge in [-0.3, -0.25) is 4.79 Å². The summed E-state index contributed by atoms with van der Waals surface area (Å²) in [5.41, 5.74) is 1.32. The molecule has 0 unspecified atom stereocenters. The van der Waals surface area contributed by atoms with Crippen LogP contribution in [-0.2, 0) is 0 Å². The maximum Gasteiger partial charge on any atom is 0.251 e. The molecule has 1 aromatic heterocycles. The Labute approximate surface area is 123 Å². The Morgan fingerprint density at radius 3 is 2.48 bits per heavy atom. The van der Waals surface area contributed by atoms with Crippen LogP contribution in [0.3, 0.4) is 0 Å². The third-order valence-electron chi connectivity index (χ3n) is 3.32. The molecule has 0 aliphatic heterocycles. The summed E-state index contributed by atoms with van der Waals surface area (Å²) in [6.07, 6.45) is 0. The molecule has 2 rings (SSSR count). The predicted molar refractivity (Wildman–Crippen MR) is 77.1 cm³/mol. The smallest absolute Gasteiger partial charge is 0.251 e. The monoisotopic (exact) mass is 289 g/mol. The molecule has 1 atom stereocenters. The normalized spacial score (nSPS) is 12.4. The van der Waals surface area contributed by atoms with Crippen molar-refractivity contribution in [3.05, 3.63) is 35.7 Å². The molecule has 0 aliphatic rings. The number of amides is 1. The first-order valence-electron chi connectivity index (χ1n) is 6.80. The van der Waals surface area contributed by atoms with Gasteiger partial charge >= 0.3 is 0 Å². The van der Waals surface area contributed by atoms with Gasteiger partial charge in [-0.05, 0) is 47.5 Å². The van der Waals surface area contributed by atoms with Gasteiger partial charge in [0.15, 0.2) is 5.82 Å². The first-order chi connectivity index (χ1) is 10.0. The number of aryl methyl sites for hydroxylation is 1. The van der Waals surface area contributed by atoms with Gasteiger partial charge in [0.2, 0.25) is 0 Å². The number of carbonyl (C=O) groups is 1. The van der Waals surface area contributed by atoms with E-state index in [4.69, 9.17) is 0 Å². The summed E-state index contributed by atoms with van der Waals surface area (Å²) in [5, 5.41) is 23.3. The van der Waals surface area contributed by atoms with Crippen LogP contribution in [0.2, 0.25) is 0 Å². The molecule has 1 amide bonds. The maximum atomic E-state index is 12.1. The standard InChI is InChI=1S/C14H19N5O2/c1-9(2)13(8-20)15-14(21)11-4-6-12(7-5-11)19-10(3)16-17-18-19/h4-7,9,13,20H,8H2,1-3H3,(H,15,21)/t13-/m0/s1. The molecular formula is C14H19N5O2. The minimum atomic E-state index is -0.251. The van der Waals surface area contributed by atoms with Gasteiger partial charge in [-0.15, -0.1) is 5.10 Å². The number of nitrogens with one attached hydrogen (secondary N) is 1. The molecule has 0 saturated heterocycles. The molecule has 0 radical (unpaired) electrons. The number of tetrazole rings is 1. The molecular weight excluding hydrogens is 270 g/mol. The Bertz CT molecular complexity index is 606. The number of hydrogen-bond donors (Lipinski definition) is 2. The topological polar surface area (TPSA) is 92.9 Å². The molecule has 1 heterocycles. The lowest BCUT2D eigenvalue weighted by Gasteiger charge is -2.19. The number of nitrogens with zero attached hydrogens (tertiary/aromatic N) is 4. The van der Waals surface area contributed by atoms with Crippen molar-refractivity contribution in [3.8, 4) is 5.69 Å². The minimum Gasteiger partial charge on any atom is -0.394 e. The fourth-order valence-corrected chi connectivity index (χ4v) is 1.90. The molecule has 2 aromatic rings. The predicted octanol–water partition coefficient (Wildman–Crippen LogP) is 0.717. The molecule has 2 N–H and O–H groups in total. The Kier molecular flexibility index (Phi) is 4.64. The van der Waals surface area contributed by atoms with E-state index >= 15 is 0 Å². The summed E-state index contributed by atoms with van der Waals surface area (Å²) in [7, 11) is 0. The van der Waals surface area contributed by atoms with Gasteiger partial charge in [0.1, 0.15) is 0 Å². The van der Waals surface area contributed by atoms with Crippen LogP contribution in [0.1, 0.15) is 30.0 Å². The Morgan fingerprint density at radius 2 is 2.00 bits per heavy atom. The molecule has 7 nitrogen and oxygen atoms in total. The first kappa shape index (κ1) is 15.1. The van der Waals surface area contributed by atoms with E-state index in [-0.39, 0.29) is 24.5 Å². The van der Waals surface area contributed by atoms with Crippen molar-refractivity contribution >= 4 is 5.91 Å². The summed E-state index contributed by atoms with van der Waals surface area (Å²) in [4.78, 5) is 12.1. The van der Waals surface area contributed by atoms with Crippen molar-refractivity contribution in [2.24, 2.45) is 5.92 Å². The summed E-state index contributed by atoms with van der Waals surface area (Å²) >= 11 is 0. The van der Waals surface area contributed by atoms with Crippen molar-refractivity contribution < 1.29 is 9.90 Å². The lowest BCUT2D eigenvalue weighted by molar-refractivity contribution is 0.0897. The molecule has 0 saturated carbocycles. The molecule has 0 spiro atoms. The Hall–Kier alpha value is -2.28. The number of hydrogen-bond acceptors (Lipinski definition) is 5. The van der Waals surface area contributed by atoms with Crippen LogP contribution in [-0.4, -0.2) is 43.9 Å². The number of aliphatic hydroxyl groups is 1. The fourth-order valence-electron chi connectivity index (χ4n) is 1.90. The molecule has 0 aliphatic carbocycles. The highest BCUT2D eigenvalue weighted by Crippen LogP contribution is 2.10. The van der Waals surface area contributed by atoms with Crippen molar-refractivity contribution in [2.45, 2.75) is 26.8 Å². The maximum absolute atomic E-state index is 12.1. The van der Waals surface area contributed by atoms with Gasteiger partial charge < -0.3 is 10.4 Å². The van der Waals surface area contributed by atoms with E-state index in [9.17, 15) is 9.90 Å². The van der Waals surface area contributed by atoms with E-state index in [0.29, 0.717) is 11.4 Å². The average Bonchev–Trinajstić information content (AvgIpc) is 2.90. The van der Waals surface area contributed by atoms with Gasteiger partial charge in [0, 0.05) is 5.56 Å². The van der Waals surface area contributed by atoms with Crippen LogP contribution in [0.5, 0.6) is 0 Å². The number of benzene rings is 1. The van der Waals surface area contributed by atoms with Gasteiger partial charge in [0.25, 0.3) is 5.91 Å². The summed E-state index contributed by atoms with van der Waals surface area (Å²) in [6, 6.07) is 6.73. The van der Waals surface area contributed by atoms with E-state index in [2.05, 4.69) is 20.8 Å². The van der Waals surface area contributed by atoms with E-state index < -0.39 is 0 Å². The quantitative estimate of drug-likeness (QED) is 0.846. The third-order valence-corrected chi connectivity index (χ3v) is 3.32. The molecule has 0 bridgehead atoms. The van der Waals surface area contributed by atoms with E-state index in [1.807, 2.05) is 13.8 Å². The second-order valence-corrected chi connectivity index (χ2v) is 5.19. The zero-order valence-electron chi connectivity index (χ0n) is 12.3. The first-order valence-corrected chi connectivity index (χ1v) is 6.80. The molecule has 112 valence electrons. The fraction of sp³-hybridized carbons (Fsp3) is 0.429. The van der Waals surface area contributed by atoms with Gasteiger partial charge in [0.05, 0.1) is 18.3 Å². The molecule has 21 heavy (non-hydrogen) atoms. The Morgan fingerprint density at radius 1 is 1.33 bits per heavy atom. The number of rotatable bonds is 5. The van der Waals surface area contributed by atoms with Crippen LogP contribution in [0.15, 0.2) is 24.3 Å². The van der Waals surface area contributed by atoms with Crippen LogP contribution in [0.4, 0.5) is 0 Å². The second-order valence-electron chi connectivity index (χ2n) is 5.19. The molecule has 1 aromatic carbocycles. The highest BCUT2D eigenvalue weighted by Gasteiger charge is 2.16. The van der Waals surface area contributed by atoms with E-state index in [1.54, 1.807) is 35.9 Å². The van der Waals surface area contributed by atoms with Crippen LogP contribution in [0.25, 0.3) is 5.69 Å². The zero-order valence-corrected chi connectivity index (χ0v) is 12.3. The van der Waals surface area contributed by atoms with E-state index in [0.717, 1.165) is 5.69 Å². The van der Waals surface area contributed by atoms with Crippen LogP contribution in [0, 0.1) is 12.8 Å². The lowest BCUT2D eigenvalue weighted by atomic mass is 10.0. The third kappa shape index (κ3) is 3.43. The van der Waals surface area contributed by atoms with Crippen molar-refractivity contribution in [3.63, 3.8) is 0 Å². The van der Waals surface area contributed by atoms with Crippen molar-refractivity contribution in [1.29, 1.82) is 0 Å². The van der Waals surface area contributed by atoms with Gasteiger partial charge in [-0.25, -0.2) is 0 Å². The summed E-state index contributed by atoms with van der Waals surface area (Å²) in [6.45, 7) is 5.62. The SMILES string of the molecule is Cc1nnnn1-c1ccc(C(=O)N[C@@H](CO)C(C)C)cc1.